The summed E-state index contributed by atoms with van der Waals surface area (Å²) in [4.78, 5) is 4.42. The van der Waals surface area contributed by atoms with E-state index in [0.29, 0.717) is 6.54 Å². The van der Waals surface area contributed by atoms with E-state index in [1.807, 2.05) is 42.1 Å². The van der Waals surface area contributed by atoms with Crippen molar-refractivity contribution in [3.8, 4) is 5.75 Å². The largest absolute Gasteiger partial charge is 0.497 e. The Morgan fingerprint density at radius 2 is 2.10 bits per heavy atom. The maximum absolute atomic E-state index is 5.28. The van der Waals surface area contributed by atoms with Crippen molar-refractivity contribution in [3.05, 3.63) is 48.4 Å². The molecule has 3 rings (SSSR count). The first kappa shape index (κ1) is 12.5. The Labute approximate surface area is 117 Å². The number of anilines is 1. The Balaban J connectivity index is 1.92. The predicted octanol–water partition coefficient (Wildman–Crippen LogP) is 2.59. The molecule has 5 nitrogen and oxygen atoms in total. The molecule has 102 valence electrons. The Morgan fingerprint density at radius 3 is 2.85 bits per heavy atom. The van der Waals surface area contributed by atoms with Gasteiger partial charge in [-0.05, 0) is 29.7 Å². The Kier molecular flexibility index (Phi) is 3.25. The quantitative estimate of drug-likeness (QED) is 0.790. The van der Waals surface area contributed by atoms with Crippen LogP contribution in [0.4, 0.5) is 5.82 Å². The van der Waals surface area contributed by atoms with Crippen LogP contribution in [0, 0.1) is 0 Å². The van der Waals surface area contributed by atoms with Crippen LogP contribution in [-0.2, 0) is 13.6 Å². The molecule has 0 fully saturated rings. The standard InChI is InChI=1S/C15H16N4O/c1-19-12(6-8-18-19)10-17-15-14-9-13(20-2)4-3-11(14)5-7-16-15/h3-9H,10H2,1-2H3,(H,16,17). The number of methoxy groups -OCH3 is 1. The molecule has 20 heavy (non-hydrogen) atoms. The maximum Gasteiger partial charge on any atom is 0.134 e. The van der Waals surface area contributed by atoms with Crippen molar-refractivity contribution in [2.75, 3.05) is 12.4 Å². The second-order valence-corrected chi connectivity index (χ2v) is 4.55. The zero-order valence-electron chi connectivity index (χ0n) is 11.5. The highest BCUT2D eigenvalue weighted by molar-refractivity contribution is 5.92. The molecule has 0 aliphatic heterocycles. The summed E-state index contributed by atoms with van der Waals surface area (Å²) in [6, 6.07) is 9.95. The summed E-state index contributed by atoms with van der Waals surface area (Å²) >= 11 is 0. The number of ether oxygens (including phenoxy) is 1. The van der Waals surface area contributed by atoms with Gasteiger partial charge in [-0.1, -0.05) is 6.07 Å². The van der Waals surface area contributed by atoms with Gasteiger partial charge in [0, 0.05) is 24.8 Å². The van der Waals surface area contributed by atoms with Crippen LogP contribution in [0.3, 0.4) is 0 Å². The molecule has 0 saturated heterocycles. The van der Waals surface area contributed by atoms with Gasteiger partial charge in [0.15, 0.2) is 0 Å². The summed E-state index contributed by atoms with van der Waals surface area (Å²) in [6.45, 7) is 0.680. The molecule has 0 bridgehead atoms. The van der Waals surface area contributed by atoms with E-state index in [2.05, 4.69) is 15.4 Å². The van der Waals surface area contributed by atoms with Gasteiger partial charge in [-0.25, -0.2) is 4.98 Å². The van der Waals surface area contributed by atoms with E-state index >= 15 is 0 Å². The molecule has 0 radical (unpaired) electrons. The third-order valence-electron chi connectivity index (χ3n) is 3.33. The number of aryl methyl sites for hydroxylation is 1. The van der Waals surface area contributed by atoms with Crippen molar-refractivity contribution in [2.24, 2.45) is 7.05 Å². The molecule has 0 spiro atoms. The molecule has 0 saturated carbocycles. The van der Waals surface area contributed by atoms with Crippen molar-refractivity contribution in [3.63, 3.8) is 0 Å². The lowest BCUT2D eigenvalue weighted by atomic mass is 10.1. The van der Waals surface area contributed by atoms with Crippen molar-refractivity contribution < 1.29 is 4.74 Å². The van der Waals surface area contributed by atoms with Gasteiger partial charge in [-0.2, -0.15) is 5.10 Å². The van der Waals surface area contributed by atoms with Gasteiger partial charge >= 0.3 is 0 Å². The van der Waals surface area contributed by atoms with E-state index < -0.39 is 0 Å². The van der Waals surface area contributed by atoms with Gasteiger partial charge < -0.3 is 10.1 Å². The van der Waals surface area contributed by atoms with Crippen molar-refractivity contribution in [1.29, 1.82) is 0 Å². The molecule has 1 N–H and O–H groups in total. The summed E-state index contributed by atoms with van der Waals surface area (Å²) in [7, 11) is 3.59. The van der Waals surface area contributed by atoms with Crippen LogP contribution in [-0.4, -0.2) is 21.9 Å². The summed E-state index contributed by atoms with van der Waals surface area (Å²) in [5.74, 6) is 1.68. The van der Waals surface area contributed by atoms with E-state index in [1.54, 1.807) is 19.5 Å². The minimum atomic E-state index is 0.680. The van der Waals surface area contributed by atoms with Crippen molar-refractivity contribution in [2.45, 2.75) is 6.54 Å². The number of aromatic nitrogens is 3. The van der Waals surface area contributed by atoms with Crippen LogP contribution in [0.5, 0.6) is 5.75 Å². The monoisotopic (exact) mass is 268 g/mol. The van der Waals surface area contributed by atoms with Crippen LogP contribution >= 0.6 is 0 Å². The smallest absolute Gasteiger partial charge is 0.134 e. The fraction of sp³-hybridized carbons (Fsp3) is 0.200. The lowest BCUT2D eigenvalue weighted by Crippen LogP contribution is -2.06. The summed E-state index contributed by atoms with van der Waals surface area (Å²) in [6.07, 6.45) is 3.59. The number of nitrogens with one attached hydrogen (secondary N) is 1. The zero-order chi connectivity index (χ0) is 13.9. The van der Waals surface area contributed by atoms with Crippen LogP contribution < -0.4 is 10.1 Å². The van der Waals surface area contributed by atoms with E-state index in [-0.39, 0.29) is 0 Å². The van der Waals surface area contributed by atoms with Gasteiger partial charge in [-0.15, -0.1) is 0 Å². The van der Waals surface area contributed by atoms with E-state index in [4.69, 9.17) is 4.74 Å². The molecule has 0 aliphatic carbocycles. The van der Waals surface area contributed by atoms with Gasteiger partial charge in [-0.3, -0.25) is 4.68 Å². The average Bonchev–Trinajstić information content (AvgIpc) is 2.89. The topological polar surface area (TPSA) is 52.0 Å². The highest BCUT2D eigenvalue weighted by Gasteiger charge is 2.05. The Bertz CT molecular complexity index is 736. The minimum absolute atomic E-state index is 0.680. The lowest BCUT2D eigenvalue weighted by molar-refractivity contribution is 0.415. The van der Waals surface area contributed by atoms with Crippen molar-refractivity contribution >= 4 is 16.6 Å². The third-order valence-corrected chi connectivity index (χ3v) is 3.33. The predicted molar refractivity (Wildman–Crippen MR) is 78.8 cm³/mol. The average molecular weight is 268 g/mol. The molecular weight excluding hydrogens is 252 g/mol. The van der Waals surface area contributed by atoms with E-state index in [1.165, 1.54) is 0 Å². The fourth-order valence-corrected chi connectivity index (χ4v) is 2.16. The molecule has 0 unspecified atom stereocenters. The van der Waals surface area contributed by atoms with Gasteiger partial charge in [0.2, 0.25) is 0 Å². The summed E-state index contributed by atoms with van der Waals surface area (Å²) in [5.41, 5.74) is 1.10. The van der Waals surface area contributed by atoms with Crippen LogP contribution in [0.2, 0.25) is 0 Å². The third kappa shape index (κ3) is 2.30. The number of benzene rings is 1. The first-order valence-corrected chi connectivity index (χ1v) is 6.41. The molecule has 0 atom stereocenters. The highest BCUT2D eigenvalue weighted by Crippen LogP contribution is 2.25. The SMILES string of the molecule is COc1ccc2ccnc(NCc3ccnn3C)c2c1. The molecule has 3 aromatic rings. The highest BCUT2D eigenvalue weighted by atomic mass is 16.5. The number of fused-ring (bicyclic) bond motifs is 1. The number of hydrogen-bond donors (Lipinski definition) is 1. The molecule has 2 aromatic heterocycles. The number of rotatable bonds is 4. The lowest BCUT2D eigenvalue weighted by Gasteiger charge is -2.10. The molecule has 0 amide bonds. The zero-order valence-corrected chi connectivity index (χ0v) is 11.5. The molecule has 0 aliphatic rings. The molecular formula is C15H16N4O. The normalized spacial score (nSPS) is 10.7. The summed E-state index contributed by atoms with van der Waals surface area (Å²) < 4.78 is 7.12. The van der Waals surface area contributed by atoms with Gasteiger partial charge in [0.05, 0.1) is 19.3 Å². The summed E-state index contributed by atoms with van der Waals surface area (Å²) in [5, 5.41) is 9.69. The van der Waals surface area contributed by atoms with Crippen LogP contribution in [0.1, 0.15) is 5.69 Å². The number of pyridine rings is 1. The Morgan fingerprint density at radius 1 is 1.20 bits per heavy atom. The Hall–Kier alpha value is -2.56. The van der Waals surface area contributed by atoms with Gasteiger partial charge in [0.25, 0.3) is 0 Å². The van der Waals surface area contributed by atoms with Crippen LogP contribution in [0.25, 0.3) is 10.8 Å². The van der Waals surface area contributed by atoms with Gasteiger partial charge in [0.1, 0.15) is 11.6 Å². The van der Waals surface area contributed by atoms with E-state index in [0.717, 1.165) is 28.0 Å². The van der Waals surface area contributed by atoms with Crippen LogP contribution in [0.15, 0.2) is 42.7 Å². The molecule has 1 aromatic carbocycles. The second kappa shape index (κ2) is 5.21. The first-order valence-electron chi connectivity index (χ1n) is 6.41. The molecule has 5 heteroatoms. The van der Waals surface area contributed by atoms with Crippen molar-refractivity contribution in [1.82, 2.24) is 14.8 Å². The maximum atomic E-state index is 5.28. The fourth-order valence-electron chi connectivity index (χ4n) is 2.16. The minimum Gasteiger partial charge on any atom is -0.497 e. The molecule has 2 heterocycles. The first-order chi connectivity index (χ1) is 9.78. The number of hydrogen-bond acceptors (Lipinski definition) is 4. The number of nitrogens with zero attached hydrogens (tertiary/aromatic N) is 3. The van der Waals surface area contributed by atoms with E-state index in [9.17, 15) is 0 Å². The second-order valence-electron chi connectivity index (χ2n) is 4.55.